The second-order valence-electron chi connectivity index (χ2n) is 5.04. The summed E-state index contributed by atoms with van der Waals surface area (Å²) in [6, 6.07) is 8.09. The van der Waals surface area contributed by atoms with E-state index in [0.29, 0.717) is 10.9 Å². The Morgan fingerprint density at radius 1 is 1.32 bits per heavy atom. The Kier molecular flexibility index (Phi) is 3.07. The van der Waals surface area contributed by atoms with E-state index in [1.165, 1.54) is 16.9 Å². The molecule has 0 radical (unpaired) electrons. The molecule has 0 bridgehead atoms. The lowest BCUT2D eigenvalue weighted by atomic mass is 10.0. The van der Waals surface area contributed by atoms with E-state index < -0.39 is 0 Å². The first kappa shape index (κ1) is 12.3. The number of nitrogens with zero attached hydrogens (tertiary/aromatic N) is 1. The molecule has 1 aliphatic rings. The lowest BCUT2D eigenvalue weighted by Gasteiger charge is -2.02. The minimum Gasteiger partial charge on any atom is -0.286 e. The highest BCUT2D eigenvalue weighted by Crippen LogP contribution is 2.31. The van der Waals surface area contributed by atoms with E-state index in [-0.39, 0.29) is 5.78 Å². The zero-order valence-electron chi connectivity index (χ0n) is 11.0. The molecule has 0 amide bonds. The first-order chi connectivity index (χ1) is 9.16. The van der Waals surface area contributed by atoms with Crippen LogP contribution in [0.1, 0.15) is 46.4 Å². The summed E-state index contributed by atoms with van der Waals surface area (Å²) < 4.78 is 0. The van der Waals surface area contributed by atoms with E-state index in [0.717, 1.165) is 23.3 Å². The van der Waals surface area contributed by atoms with E-state index >= 15 is 0 Å². The highest BCUT2D eigenvalue weighted by Gasteiger charge is 2.23. The van der Waals surface area contributed by atoms with Gasteiger partial charge in [0.2, 0.25) is 5.78 Å². The van der Waals surface area contributed by atoms with Crippen LogP contribution in [-0.4, -0.2) is 10.8 Å². The highest BCUT2D eigenvalue weighted by atomic mass is 32.1. The fourth-order valence-corrected chi connectivity index (χ4v) is 3.20. The molecule has 19 heavy (non-hydrogen) atoms. The Morgan fingerprint density at radius 3 is 2.84 bits per heavy atom. The molecule has 0 saturated heterocycles. The molecule has 0 saturated carbocycles. The van der Waals surface area contributed by atoms with Gasteiger partial charge in [-0.25, -0.2) is 4.98 Å². The van der Waals surface area contributed by atoms with Crippen molar-refractivity contribution in [3.8, 4) is 0 Å². The maximum absolute atomic E-state index is 12.5. The topological polar surface area (TPSA) is 30.0 Å². The van der Waals surface area contributed by atoms with Crippen molar-refractivity contribution < 1.29 is 4.79 Å². The van der Waals surface area contributed by atoms with Crippen LogP contribution in [0, 0.1) is 0 Å². The molecule has 3 heteroatoms. The summed E-state index contributed by atoms with van der Waals surface area (Å²) in [7, 11) is 0. The van der Waals surface area contributed by atoms with Gasteiger partial charge in [0.25, 0.3) is 0 Å². The number of fused-ring (bicyclic) bond motifs is 1. The first-order valence-corrected chi connectivity index (χ1v) is 7.33. The van der Waals surface area contributed by atoms with Crippen LogP contribution in [-0.2, 0) is 6.42 Å². The summed E-state index contributed by atoms with van der Waals surface area (Å²) in [6.07, 6.45) is 2.86. The molecule has 1 aromatic heterocycles. The van der Waals surface area contributed by atoms with Crippen molar-refractivity contribution in [1.82, 2.24) is 4.98 Å². The minimum absolute atomic E-state index is 0.0573. The van der Waals surface area contributed by atoms with Crippen LogP contribution in [0.15, 0.2) is 35.7 Å². The molecule has 96 valence electrons. The van der Waals surface area contributed by atoms with Gasteiger partial charge in [-0.1, -0.05) is 44.2 Å². The van der Waals surface area contributed by atoms with E-state index in [4.69, 9.17) is 0 Å². The average Bonchev–Trinajstić information content (AvgIpc) is 3.05. The number of ketones is 1. The van der Waals surface area contributed by atoms with Gasteiger partial charge in [0.15, 0.2) is 5.01 Å². The van der Waals surface area contributed by atoms with Crippen molar-refractivity contribution in [2.45, 2.75) is 26.2 Å². The Labute approximate surface area is 116 Å². The molecule has 0 fully saturated rings. The average molecular weight is 269 g/mol. The van der Waals surface area contributed by atoms with Crippen LogP contribution >= 0.6 is 11.3 Å². The van der Waals surface area contributed by atoms with Crippen molar-refractivity contribution in [2.24, 2.45) is 0 Å². The van der Waals surface area contributed by atoms with E-state index in [1.807, 2.05) is 29.7 Å². The lowest BCUT2D eigenvalue weighted by molar-refractivity contribution is 0.105. The maximum atomic E-state index is 12.5. The monoisotopic (exact) mass is 269 g/mol. The van der Waals surface area contributed by atoms with Crippen molar-refractivity contribution >= 4 is 22.7 Å². The fraction of sp³-hybridized carbons (Fsp3) is 0.250. The smallest absolute Gasteiger partial charge is 0.221 e. The third kappa shape index (κ3) is 2.15. The molecular formula is C16H15NOS. The molecule has 0 aliphatic heterocycles. The van der Waals surface area contributed by atoms with E-state index in [2.05, 4.69) is 24.9 Å². The quantitative estimate of drug-likeness (QED) is 0.786. The SMILES string of the molecule is CC(C)c1csc(C(=O)C2=CCc3ccccc32)n1. The van der Waals surface area contributed by atoms with Gasteiger partial charge >= 0.3 is 0 Å². The molecule has 0 spiro atoms. The maximum Gasteiger partial charge on any atom is 0.221 e. The number of benzene rings is 1. The number of Topliss-reactive ketones (excluding diaryl/α,β-unsaturated/α-hetero) is 1. The van der Waals surface area contributed by atoms with Gasteiger partial charge in [-0.2, -0.15) is 0 Å². The Balaban J connectivity index is 1.93. The van der Waals surface area contributed by atoms with Crippen LogP contribution in [0.5, 0.6) is 0 Å². The van der Waals surface area contributed by atoms with Crippen LogP contribution < -0.4 is 0 Å². The Hall–Kier alpha value is -1.74. The van der Waals surface area contributed by atoms with Crippen molar-refractivity contribution in [2.75, 3.05) is 0 Å². The summed E-state index contributed by atoms with van der Waals surface area (Å²) in [5, 5.41) is 2.59. The second-order valence-corrected chi connectivity index (χ2v) is 5.90. The van der Waals surface area contributed by atoms with Gasteiger partial charge in [0.05, 0.1) is 5.69 Å². The van der Waals surface area contributed by atoms with E-state index in [1.54, 1.807) is 0 Å². The summed E-state index contributed by atoms with van der Waals surface area (Å²) in [5.41, 5.74) is 4.10. The van der Waals surface area contributed by atoms with Crippen LogP contribution in [0.4, 0.5) is 0 Å². The Morgan fingerprint density at radius 2 is 2.11 bits per heavy atom. The standard InChI is InChI=1S/C16H15NOS/c1-10(2)14-9-19-16(17-14)15(18)13-8-7-11-5-3-4-6-12(11)13/h3-6,8-10H,7H2,1-2H3. The number of hydrogen-bond acceptors (Lipinski definition) is 3. The predicted octanol–water partition coefficient (Wildman–Crippen LogP) is 4.09. The van der Waals surface area contributed by atoms with Gasteiger partial charge in [0, 0.05) is 11.0 Å². The molecule has 1 heterocycles. The summed E-state index contributed by atoms with van der Waals surface area (Å²) >= 11 is 1.45. The van der Waals surface area contributed by atoms with Crippen LogP contribution in [0.25, 0.3) is 5.57 Å². The number of hydrogen-bond donors (Lipinski definition) is 0. The van der Waals surface area contributed by atoms with E-state index in [9.17, 15) is 4.79 Å². The molecule has 3 rings (SSSR count). The summed E-state index contributed by atoms with van der Waals surface area (Å²) in [5.74, 6) is 0.421. The van der Waals surface area contributed by atoms with Gasteiger partial charge in [-0.05, 0) is 23.5 Å². The predicted molar refractivity (Wildman–Crippen MR) is 78.7 cm³/mol. The lowest BCUT2D eigenvalue weighted by Crippen LogP contribution is -2.02. The van der Waals surface area contributed by atoms with Crippen molar-refractivity contribution in [3.63, 3.8) is 0 Å². The van der Waals surface area contributed by atoms with Gasteiger partial charge in [0.1, 0.15) is 0 Å². The molecule has 1 aliphatic carbocycles. The molecule has 2 aromatic rings. The summed E-state index contributed by atoms with van der Waals surface area (Å²) in [6.45, 7) is 4.18. The summed E-state index contributed by atoms with van der Waals surface area (Å²) in [4.78, 5) is 17.0. The highest BCUT2D eigenvalue weighted by molar-refractivity contribution is 7.12. The Bertz CT molecular complexity index is 667. The van der Waals surface area contributed by atoms with Gasteiger partial charge < -0.3 is 0 Å². The fourth-order valence-electron chi connectivity index (χ4n) is 2.27. The van der Waals surface area contributed by atoms with Crippen LogP contribution in [0.3, 0.4) is 0 Å². The molecule has 2 nitrogen and oxygen atoms in total. The number of allylic oxidation sites excluding steroid dienone is 2. The third-order valence-corrected chi connectivity index (χ3v) is 4.25. The zero-order chi connectivity index (χ0) is 13.4. The molecule has 1 aromatic carbocycles. The van der Waals surface area contributed by atoms with Gasteiger partial charge in [-0.3, -0.25) is 4.79 Å². The largest absolute Gasteiger partial charge is 0.286 e. The number of rotatable bonds is 3. The first-order valence-electron chi connectivity index (χ1n) is 6.45. The number of aromatic nitrogens is 1. The number of thiazole rings is 1. The van der Waals surface area contributed by atoms with Crippen LogP contribution in [0.2, 0.25) is 0 Å². The molecular weight excluding hydrogens is 254 g/mol. The molecule has 0 atom stereocenters. The third-order valence-electron chi connectivity index (χ3n) is 3.39. The zero-order valence-corrected chi connectivity index (χ0v) is 11.8. The second kappa shape index (κ2) is 4.74. The van der Waals surface area contributed by atoms with Crippen molar-refractivity contribution in [3.05, 3.63) is 57.6 Å². The van der Waals surface area contributed by atoms with Gasteiger partial charge in [-0.15, -0.1) is 11.3 Å². The molecule has 0 N–H and O–H groups in total. The number of carbonyl (C=O) groups is 1. The minimum atomic E-state index is 0.0573. The molecule has 0 unspecified atom stereocenters. The van der Waals surface area contributed by atoms with Crippen molar-refractivity contribution in [1.29, 1.82) is 0 Å². The normalized spacial score (nSPS) is 13.5. The number of carbonyl (C=O) groups excluding carboxylic acids is 1.